The van der Waals surface area contributed by atoms with E-state index in [-0.39, 0.29) is 76.9 Å². The molecule has 0 saturated carbocycles. The Morgan fingerprint density at radius 3 is 1.36 bits per heavy atom. The van der Waals surface area contributed by atoms with Gasteiger partial charge in [-0.1, -0.05) is 175 Å². The van der Waals surface area contributed by atoms with Gasteiger partial charge in [0.2, 0.25) is 46.5 Å². The Bertz CT molecular complexity index is 4300. The first-order valence-electron chi connectivity index (χ1n) is 32.7. The summed E-state index contributed by atoms with van der Waals surface area (Å²) in [6, 6.07) is 62.9. The molecule has 9 aromatic rings. The van der Waals surface area contributed by atoms with Gasteiger partial charge in [-0.15, -0.1) is 0 Å². The van der Waals surface area contributed by atoms with Gasteiger partial charge in [-0.3, -0.25) is 24.0 Å². The van der Waals surface area contributed by atoms with Crippen molar-refractivity contribution in [3.05, 3.63) is 234 Å². The highest BCUT2D eigenvalue weighted by Gasteiger charge is 2.40. The van der Waals surface area contributed by atoms with E-state index in [2.05, 4.69) is 180 Å². The number of carbonyl (C=O) groups excluding carboxylic acids is 5. The second-order valence-corrected chi connectivity index (χ2v) is 24.2. The predicted molar refractivity (Wildman–Crippen MR) is 377 cm³/mol. The first-order valence-corrected chi connectivity index (χ1v) is 32.7. The molecule has 0 heterocycles. The molecule has 0 aromatic heterocycles. The van der Waals surface area contributed by atoms with Crippen molar-refractivity contribution in [3.63, 3.8) is 0 Å². The number of aliphatic hydroxyl groups excluding tert-OH is 1. The topological polar surface area (TPSA) is 160 Å². The van der Waals surface area contributed by atoms with Gasteiger partial charge in [0.05, 0.1) is 22.5 Å². The van der Waals surface area contributed by atoms with Gasteiger partial charge < -0.3 is 31.3 Å². The van der Waals surface area contributed by atoms with Crippen LogP contribution in [0.2, 0.25) is 0 Å². The number of unbranched alkanes of at least 4 members (excludes halogenated alkanes) is 2. The number of Topliss-reactive ketones (excluding diaryl/α,β-unsaturated/α-hetero) is 1. The molecular formula is C80H81N6O6+. The Morgan fingerprint density at radius 2 is 0.891 bits per heavy atom. The number of anilines is 4. The molecule has 12 nitrogen and oxygen atoms in total. The van der Waals surface area contributed by atoms with Crippen LogP contribution in [0.4, 0.5) is 34.1 Å². The van der Waals surface area contributed by atoms with Crippen LogP contribution in [-0.2, 0) is 24.0 Å². The van der Waals surface area contributed by atoms with Crippen LogP contribution in [0.3, 0.4) is 0 Å². The van der Waals surface area contributed by atoms with E-state index in [9.17, 15) is 24.3 Å². The Hall–Kier alpha value is -10.2. The molecule has 12 heteroatoms. The number of amides is 4. The molecule has 2 unspecified atom stereocenters. The van der Waals surface area contributed by atoms with Crippen LogP contribution in [0.25, 0.3) is 48.7 Å². The number of fused-ring (bicyclic) bond motifs is 4. The van der Waals surface area contributed by atoms with E-state index in [1.54, 1.807) is 24.3 Å². The second-order valence-electron chi connectivity index (χ2n) is 24.2. The van der Waals surface area contributed by atoms with E-state index in [1.807, 2.05) is 60.7 Å². The zero-order valence-corrected chi connectivity index (χ0v) is 53.1. The van der Waals surface area contributed by atoms with Crippen molar-refractivity contribution in [2.45, 2.75) is 105 Å². The maximum absolute atomic E-state index is 15.3. The molecule has 2 aliphatic carbocycles. The molecule has 2 aliphatic rings. The number of nitrogens with zero attached hydrogens (tertiary/aromatic N) is 2. The molecule has 0 saturated heterocycles. The molecule has 0 fully saturated rings. The summed E-state index contributed by atoms with van der Waals surface area (Å²) >= 11 is 0. The summed E-state index contributed by atoms with van der Waals surface area (Å²) in [5.74, 6) is -1.51. The standard InChI is InChI=1S/C80H80N6O6/c1-5-9-19-53(7-3)51-81-73(87)41-43-75(89)83-71-49-67(85(63-33-29-55-21-11-15-25-59(55)45-63)64-34-30-56-22-12-16-26-60(56)46-64)37-39-69(71)77-79(91)78(80(77)92)70-40-38-68(50-72(70)84-76(90)44-42-74(88)82-52-54(8-4)20-10-6-2)86(65-35-31-57-23-13-17-27-61(57)47-65)66-36-32-58-24-14-18-28-62(58)48-66/h11-18,21-40,45-50,53-54H,5-10,19-20,41-44,51-52H2,1-4H3,(H4,81,82,83,84,87,88,89,90,91,92)/p+1. The molecule has 11 rings (SSSR count). The summed E-state index contributed by atoms with van der Waals surface area (Å²) in [6.07, 6.45) is 13.2. The van der Waals surface area contributed by atoms with Crippen molar-refractivity contribution in [1.82, 2.24) is 20.5 Å². The molecule has 9 aromatic carbocycles. The van der Waals surface area contributed by atoms with E-state index in [0.717, 1.165) is 117 Å². The first kappa shape index (κ1) is 63.4. The van der Waals surface area contributed by atoms with Gasteiger partial charge in [0, 0.05) is 103 Å². The second kappa shape index (κ2) is 29.6. The third kappa shape index (κ3) is 14.7. The minimum absolute atomic E-state index is 0.0310. The zero-order chi connectivity index (χ0) is 64.1. The van der Waals surface area contributed by atoms with Crippen LogP contribution in [0.1, 0.15) is 110 Å². The highest BCUT2D eigenvalue weighted by Crippen LogP contribution is 2.46. The number of allylic oxidation sites excluding steroid dienone is 5. The van der Waals surface area contributed by atoms with E-state index in [0.29, 0.717) is 36.3 Å². The fourth-order valence-corrected chi connectivity index (χ4v) is 12.5. The van der Waals surface area contributed by atoms with E-state index in [1.165, 1.54) is 0 Å². The average Bonchev–Trinajstić information content (AvgIpc) is 0.745. The lowest BCUT2D eigenvalue weighted by molar-refractivity contribution is -0.126. The van der Waals surface area contributed by atoms with Crippen LogP contribution in [0.15, 0.2) is 229 Å². The van der Waals surface area contributed by atoms with Gasteiger partial charge >= 0.3 is 0 Å². The lowest BCUT2D eigenvalue weighted by atomic mass is 9.78. The third-order valence-electron chi connectivity index (χ3n) is 17.9. The number of hydrogen-bond donors (Lipinski definition) is 5. The van der Waals surface area contributed by atoms with Gasteiger partial charge in [0.25, 0.3) is 0 Å². The highest BCUT2D eigenvalue weighted by atomic mass is 16.3. The summed E-state index contributed by atoms with van der Waals surface area (Å²) in [5.41, 5.74) is 5.64. The monoisotopic (exact) mass is 1220 g/mol. The number of benzene rings is 9. The summed E-state index contributed by atoms with van der Waals surface area (Å²) in [6.45, 7) is 9.62. The molecule has 466 valence electrons. The van der Waals surface area contributed by atoms with Gasteiger partial charge in [-0.05, 0) is 128 Å². The van der Waals surface area contributed by atoms with Crippen molar-refractivity contribution in [3.8, 4) is 0 Å². The minimum atomic E-state index is -0.517. The van der Waals surface area contributed by atoms with E-state index in [4.69, 9.17) is 0 Å². The summed E-state index contributed by atoms with van der Waals surface area (Å²) in [7, 11) is 0. The molecular weight excluding hydrogens is 1140 g/mol. The molecule has 5 N–H and O–H groups in total. The molecule has 2 atom stereocenters. The Morgan fingerprint density at radius 1 is 0.467 bits per heavy atom. The number of hydrogen-bond acceptors (Lipinski definition) is 7. The van der Waals surface area contributed by atoms with Crippen molar-refractivity contribution >= 4 is 118 Å². The molecule has 4 amide bonds. The zero-order valence-electron chi connectivity index (χ0n) is 53.1. The SMILES string of the molecule is CCCCC(CC)CNC(=O)CCC(=O)NC1=CC(=[N+](c2ccc3ccccc3c2)c2ccc3ccccc3c2)C=CC1=C1C(=O)C(c2ccc(N(c3ccc4ccccc4c3)c3ccc4ccccc4c3)cc2NC(=O)CCC(=O)NCC(CC)CCCC)=C1O. The minimum Gasteiger partial charge on any atom is -0.506 e. The maximum Gasteiger partial charge on any atom is 0.224 e. The third-order valence-corrected chi connectivity index (χ3v) is 17.9. The first-order chi connectivity index (χ1) is 44.9. The number of ketones is 1. The lowest BCUT2D eigenvalue weighted by Gasteiger charge is -2.29. The quantitative estimate of drug-likeness (QED) is 0.0267. The molecule has 0 spiro atoms. The summed E-state index contributed by atoms with van der Waals surface area (Å²) in [4.78, 5) is 72.8. The Labute approximate surface area is 539 Å². The number of nitrogens with one attached hydrogen (secondary N) is 4. The predicted octanol–water partition coefficient (Wildman–Crippen LogP) is 17.6. The number of rotatable bonds is 26. The summed E-state index contributed by atoms with van der Waals surface area (Å²) < 4.78 is 2.09. The smallest absolute Gasteiger partial charge is 0.224 e. The number of carbonyl (C=O) groups is 5. The summed E-state index contributed by atoms with van der Waals surface area (Å²) in [5, 5.41) is 33.2. The Kier molecular flexibility index (Phi) is 20.4. The molecule has 0 aliphatic heterocycles. The normalized spacial score (nSPS) is 14.5. The fourth-order valence-electron chi connectivity index (χ4n) is 12.5. The van der Waals surface area contributed by atoms with Gasteiger partial charge in [0.15, 0.2) is 0 Å². The van der Waals surface area contributed by atoms with Crippen LogP contribution in [0, 0.1) is 11.8 Å². The van der Waals surface area contributed by atoms with Crippen molar-refractivity contribution in [2.24, 2.45) is 11.8 Å². The van der Waals surface area contributed by atoms with Crippen molar-refractivity contribution in [1.29, 1.82) is 0 Å². The Balaban J connectivity index is 1.00. The fraction of sp³-hybridized carbons (Fsp3) is 0.250. The molecule has 92 heavy (non-hydrogen) atoms. The maximum atomic E-state index is 15.3. The van der Waals surface area contributed by atoms with Crippen molar-refractivity contribution < 1.29 is 29.1 Å². The number of aliphatic hydroxyl groups is 1. The largest absolute Gasteiger partial charge is 0.506 e. The van der Waals surface area contributed by atoms with Gasteiger partial charge in [-0.2, -0.15) is 4.58 Å². The highest BCUT2D eigenvalue weighted by molar-refractivity contribution is 6.40. The lowest BCUT2D eigenvalue weighted by Crippen LogP contribution is -2.33. The van der Waals surface area contributed by atoms with Crippen LogP contribution < -0.4 is 30.7 Å². The van der Waals surface area contributed by atoms with Gasteiger partial charge in [0.1, 0.15) is 5.76 Å². The van der Waals surface area contributed by atoms with Gasteiger partial charge in [-0.25, -0.2) is 0 Å². The molecule has 0 radical (unpaired) electrons. The van der Waals surface area contributed by atoms with E-state index >= 15 is 4.79 Å². The van der Waals surface area contributed by atoms with Crippen LogP contribution >= 0.6 is 0 Å². The average molecular weight is 1220 g/mol. The van der Waals surface area contributed by atoms with E-state index < -0.39 is 17.6 Å². The van der Waals surface area contributed by atoms with Crippen molar-refractivity contribution in [2.75, 3.05) is 23.3 Å². The molecule has 0 bridgehead atoms. The van der Waals surface area contributed by atoms with Crippen LogP contribution in [0.5, 0.6) is 0 Å². The van der Waals surface area contributed by atoms with Crippen LogP contribution in [-0.4, -0.2) is 53.3 Å².